The largest absolute Gasteiger partial charge is 0.484 e. The van der Waals surface area contributed by atoms with Crippen molar-refractivity contribution in [3.05, 3.63) is 23.3 Å². The van der Waals surface area contributed by atoms with Crippen LogP contribution < -0.4 is 10.1 Å². The van der Waals surface area contributed by atoms with Crippen molar-refractivity contribution < 1.29 is 17.9 Å². The molecule has 116 valence electrons. The molecule has 1 aromatic carbocycles. The highest BCUT2D eigenvalue weighted by Crippen LogP contribution is 2.28. The van der Waals surface area contributed by atoms with Crippen molar-refractivity contribution in [3.8, 4) is 5.75 Å². The van der Waals surface area contributed by atoms with E-state index in [4.69, 9.17) is 15.4 Å². The molecule has 7 heteroatoms. The summed E-state index contributed by atoms with van der Waals surface area (Å²) in [5, 5.41) is 2.80. The Labute approximate surface area is 129 Å². The number of rotatable bonds is 6. The summed E-state index contributed by atoms with van der Waals surface area (Å²) in [4.78, 5) is 11.7. The van der Waals surface area contributed by atoms with Crippen molar-refractivity contribution in [3.63, 3.8) is 0 Å². The number of benzene rings is 1. The Balaban J connectivity index is 1.99. The summed E-state index contributed by atoms with van der Waals surface area (Å²) in [7, 11) is 1.61. The average molecular weight is 332 g/mol. The average Bonchev–Trinajstić information content (AvgIpc) is 3.15. The number of halogens is 1. The van der Waals surface area contributed by atoms with Gasteiger partial charge in [-0.05, 0) is 55.9 Å². The number of hydrogen-bond donors (Lipinski definition) is 1. The van der Waals surface area contributed by atoms with Gasteiger partial charge in [-0.2, -0.15) is 0 Å². The first-order valence-corrected chi connectivity index (χ1v) is 9.03. The molecule has 0 unspecified atom stereocenters. The van der Waals surface area contributed by atoms with Gasteiger partial charge in [-0.1, -0.05) is 0 Å². The molecule has 0 radical (unpaired) electrons. The van der Waals surface area contributed by atoms with Crippen molar-refractivity contribution in [2.75, 3.05) is 13.2 Å². The fraction of sp³-hybridized carbons (Fsp3) is 0.500. The Morgan fingerprint density at radius 3 is 2.38 bits per heavy atom. The summed E-state index contributed by atoms with van der Waals surface area (Å²) in [6, 6.07) is 3.13. The number of carbonyl (C=O) groups is 1. The van der Waals surface area contributed by atoms with Crippen molar-refractivity contribution in [2.24, 2.45) is 5.92 Å². The van der Waals surface area contributed by atoms with Crippen LogP contribution in [-0.2, 0) is 13.8 Å². The molecule has 0 saturated heterocycles. The number of ether oxygens (including phenoxy) is 1. The molecule has 21 heavy (non-hydrogen) atoms. The van der Waals surface area contributed by atoms with Crippen LogP contribution in [0.2, 0.25) is 0 Å². The maximum absolute atomic E-state index is 11.6. The fourth-order valence-electron chi connectivity index (χ4n) is 2.16. The molecule has 1 N–H and O–H groups in total. The van der Waals surface area contributed by atoms with Crippen LogP contribution in [0, 0.1) is 19.8 Å². The van der Waals surface area contributed by atoms with E-state index in [2.05, 4.69) is 5.32 Å². The van der Waals surface area contributed by atoms with Gasteiger partial charge in [-0.25, -0.2) is 8.42 Å². The van der Waals surface area contributed by atoms with Gasteiger partial charge in [0.2, 0.25) is 0 Å². The van der Waals surface area contributed by atoms with E-state index >= 15 is 0 Å². The second-order valence-corrected chi connectivity index (χ2v) is 7.86. The first kappa shape index (κ1) is 16.1. The topological polar surface area (TPSA) is 72.5 Å². The van der Waals surface area contributed by atoms with E-state index in [-0.39, 0.29) is 17.4 Å². The van der Waals surface area contributed by atoms with E-state index in [1.54, 1.807) is 26.0 Å². The van der Waals surface area contributed by atoms with E-state index in [0.29, 0.717) is 29.3 Å². The Hall–Kier alpha value is -1.27. The van der Waals surface area contributed by atoms with Gasteiger partial charge in [0.25, 0.3) is 15.0 Å². The Kier molecular flexibility index (Phi) is 4.78. The summed E-state index contributed by atoms with van der Waals surface area (Å²) in [6.07, 6.45) is 2.35. The van der Waals surface area contributed by atoms with Gasteiger partial charge in [0.1, 0.15) is 5.75 Å². The molecule has 5 nitrogen and oxygen atoms in total. The van der Waals surface area contributed by atoms with Crippen LogP contribution >= 0.6 is 10.7 Å². The molecule has 0 heterocycles. The Morgan fingerprint density at radius 2 is 1.90 bits per heavy atom. The van der Waals surface area contributed by atoms with Crippen molar-refractivity contribution in [1.82, 2.24) is 5.32 Å². The highest BCUT2D eigenvalue weighted by atomic mass is 35.7. The third-order valence-corrected chi connectivity index (χ3v) is 4.93. The monoisotopic (exact) mass is 331 g/mol. The van der Waals surface area contributed by atoms with Crippen molar-refractivity contribution in [1.29, 1.82) is 0 Å². The summed E-state index contributed by atoms with van der Waals surface area (Å²) in [5.41, 5.74) is 0.997. The lowest BCUT2D eigenvalue weighted by atomic mass is 10.1. The molecule has 1 aliphatic carbocycles. The third kappa shape index (κ3) is 4.61. The standard InChI is InChI=1S/C14H18ClNO4S/c1-9-5-12(6-10(2)14(9)21(15,18)19)20-8-13(17)16-7-11-3-4-11/h5-6,11H,3-4,7-8H2,1-2H3,(H,16,17). The predicted molar refractivity (Wildman–Crippen MR) is 80.2 cm³/mol. The lowest BCUT2D eigenvalue weighted by molar-refractivity contribution is -0.123. The zero-order valence-electron chi connectivity index (χ0n) is 12.0. The van der Waals surface area contributed by atoms with E-state index in [1.165, 1.54) is 12.8 Å². The molecule has 1 amide bonds. The smallest absolute Gasteiger partial charge is 0.261 e. The minimum atomic E-state index is -3.79. The fourth-order valence-corrected chi connectivity index (χ4v) is 3.78. The first-order valence-electron chi connectivity index (χ1n) is 6.73. The van der Waals surface area contributed by atoms with E-state index in [1.807, 2.05) is 0 Å². The van der Waals surface area contributed by atoms with Crippen LogP contribution in [-0.4, -0.2) is 27.5 Å². The van der Waals surface area contributed by atoms with Gasteiger partial charge in [0.15, 0.2) is 6.61 Å². The van der Waals surface area contributed by atoms with Crippen molar-refractivity contribution in [2.45, 2.75) is 31.6 Å². The molecular weight excluding hydrogens is 314 g/mol. The van der Waals surface area contributed by atoms with Gasteiger partial charge in [0.05, 0.1) is 4.90 Å². The van der Waals surface area contributed by atoms with Crippen LogP contribution in [0.1, 0.15) is 24.0 Å². The zero-order valence-corrected chi connectivity index (χ0v) is 13.6. The number of amides is 1. The van der Waals surface area contributed by atoms with Crippen LogP contribution in [0.5, 0.6) is 5.75 Å². The van der Waals surface area contributed by atoms with Crippen molar-refractivity contribution >= 4 is 25.6 Å². The predicted octanol–water partition coefficient (Wildman–Crippen LogP) is 2.14. The number of nitrogens with one attached hydrogen (secondary N) is 1. The summed E-state index contributed by atoms with van der Waals surface area (Å²) in [5.74, 6) is 0.897. The summed E-state index contributed by atoms with van der Waals surface area (Å²) < 4.78 is 28.3. The second kappa shape index (κ2) is 6.23. The molecule has 0 bridgehead atoms. The number of aryl methyl sites for hydroxylation is 2. The molecule has 0 aliphatic heterocycles. The third-order valence-electron chi connectivity index (χ3n) is 3.33. The van der Waals surface area contributed by atoms with Gasteiger partial charge in [0, 0.05) is 17.2 Å². The molecule has 0 aromatic heterocycles. The molecule has 1 fully saturated rings. The molecular formula is C14H18ClNO4S. The maximum atomic E-state index is 11.6. The highest BCUT2D eigenvalue weighted by molar-refractivity contribution is 8.13. The summed E-state index contributed by atoms with van der Waals surface area (Å²) >= 11 is 0. The van der Waals surface area contributed by atoms with Crippen LogP contribution in [0.25, 0.3) is 0 Å². The van der Waals surface area contributed by atoms with Gasteiger partial charge >= 0.3 is 0 Å². The Bertz CT molecular complexity index is 630. The van der Waals surface area contributed by atoms with Gasteiger partial charge in [-0.15, -0.1) is 0 Å². The van der Waals surface area contributed by atoms with Crippen LogP contribution in [0.4, 0.5) is 0 Å². The minimum absolute atomic E-state index is 0.0848. The van der Waals surface area contributed by atoms with E-state index < -0.39 is 9.05 Å². The molecule has 0 spiro atoms. The van der Waals surface area contributed by atoms with Gasteiger partial charge in [-0.3, -0.25) is 4.79 Å². The quantitative estimate of drug-likeness (QED) is 0.811. The molecule has 1 aromatic rings. The lowest BCUT2D eigenvalue weighted by Crippen LogP contribution is -2.30. The van der Waals surface area contributed by atoms with E-state index in [9.17, 15) is 13.2 Å². The normalized spacial score (nSPS) is 14.8. The minimum Gasteiger partial charge on any atom is -0.484 e. The summed E-state index contributed by atoms with van der Waals surface area (Å²) in [6.45, 7) is 3.90. The Morgan fingerprint density at radius 1 is 1.33 bits per heavy atom. The molecule has 1 aliphatic rings. The highest BCUT2D eigenvalue weighted by Gasteiger charge is 2.22. The zero-order chi connectivity index (χ0) is 15.6. The van der Waals surface area contributed by atoms with Gasteiger partial charge < -0.3 is 10.1 Å². The number of carbonyl (C=O) groups excluding carboxylic acids is 1. The van der Waals surface area contributed by atoms with E-state index in [0.717, 1.165) is 0 Å². The van der Waals surface area contributed by atoms with Crippen LogP contribution in [0.15, 0.2) is 17.0 Å². The van der Waals surface area contributed by atoms with Crippen LogP contribution in [0.3, 0.4) is 0 Å². The molecule has 2 rings (SSSR count). The maximum Gasteiger partial charge on any atom is 0.261 e. The lowest BCUT2D eigenvalue weighted by Gasteiger charge is -2.11. The number of hydrogen-bond acceptors (Lipinski definition) is 4. The molecule has 1 saturated carbocycles. The second-order valence-electron chi connectivity index (χ2n) is 5.36. The SMILES string of the molecule is Cc1cc(OCC(=O)NCC2CC2)cc(C)c1S(=O)(=O)Cl. The first-order chi connectivity index (χ1) is 9.77. The molecule has 0 atom stereocenters.